The summed E-state index contributed by atoms with van der Waals surface area (Å²) in [6.45, 7) is 1.41. The Morgan fingerprint density at radius 3 is 3.00 bits per heavy atom. The second-order valence-corrected chi connectivity index (χ2v) is 8.79. The van der Waals surface area contributed by atoms with E-state index in [9.17, 15) is 13.2 Å². The first-order valence-corrected chi connectivity index (χ1v) is 9.97. The first-order chi connectivity index (χ1) is 11.9. The van der Waals surface area contributed by atoms with E-state index in [4.69, 9.17) is 11.6 Å². The normalized spacial score (nSPS) is 20.8. The van der Waals surface area contributed by atoms with Gasteiger partial charge in [-0.3, -0.25) is 9.89 Å². The summed E-state index contributed by atoms with van der Waals surface area (Å²) in [6.07, 6.45) is 0.787. The number of H-pyrrole nitrogens is 1. The molecular weight excluding hydrogens is 364 g/mol. The first-order valence-electron chi connectivity index (χ1n) is 7.94. The van der Waals surface area contributed by atoms with Crippen LogP contribution in [0.15, 0.2) is 23.1 Å². The predicted molar refractivity (Wildman–Crippen MR) is 92.3 cm³/mol. The number of aromatic nitrogens is 2. The summed E-state index contributed by atoms with van der Waals surface area (Å²) in [5, 5.41) is 10.8. The molecule has 1 atom stereocenters. The molecule has 7 nitrogen and oxygen atoms in total. The third-order valence-corrected chi connectivity index (χ3v) is 6.87. The summed E-state index contributed by atoms with van der Waals surface area (Å²) in [5.41, 5.74) is 2.72. The fraction of sp³-hybridized carbons (Fsp3) is 0.375. The summed E-state index contributed by atoms with van der Waals surface area (Å²) in [4.78, 5) is 14.7. The molecule has 1 unspecified atom stereocenters. The van der Waals surface area contributed by atoms with Crippen molar-refractivity contribution < 1.29 is 13.2 Å². The topological polar surface area (TPSA) is 95.2 Å². The van der Waals surface area contributed by atoms with Crippen molar-refractivity contribution in [2.24, 2.45) is 0 Å². The highest BCUT2D eigenvalue weighted by Crippen LogP contribution is 2.38. The maximum atomic E-state index is 13.0. The highest BCUT2D eigenvalue weighted by Gasteiger charge is 2.39. The molecule has 9 heteroatoms. The van der Waals surface area contributed by atoms with Crippen molar-refractivity contribution in [3.8, 4) is 0 Å². The number of aromatic amines is 1. The lowest BCUT2D eigenvalue weighted by atomic mass is 10.0. The van der Waals surface area contributed by atoms with Gasteiger partial charge in [0.15, 0.2) is 15.5 Å². The average Bonchev–Trinajstić information content (AvgIpc) is 3.12. The molecule has 1 amide bonds. The Balaban J connectivity index is 1.70. The number of halogens is 1. The molecular formula is C16H17ClN4O3S. The predicted octanol–water partition coefficient (Wildman–Crippen LogP) is 1.31. The molecule has 0 bridgehead atoms. The number of sulfone groups is 1. The van der Waals surface area contributed by atoms with E-state index < -0.39 is 15.9 Å². The van der Waals surface area contributed by atoms with E-state index >= 15 is 0 Å². The summed E-state index contributed by atoms with van der Waals surface area (Å²) < 4.78 is 24.8. The Morgan fingerprint density at radius 1 is 1.40 bits per heavy atom. The van der Waals surface area contributed by atoms with Crippen LogP contribution in [0.4, 0.5) is 0 Å². The lowest BCUT2D eigenvalue weighted by Crippen LogP contribution is -2.34. The maximum absolute atomic E-state index is 13.0. The van der Waals surface area contributed by atoms with Gasteiger partial charge in [-0.1, -0.05) is 11.6 Å². The van der Waals surface area contributed by atoms with Crippen molar-refractivity contribution in [2.45, 2.75) is 23.9 Å². The first kappa shape index (κ1) is 16.6. The molecule has 0 radical (unpaired) electrons. The van der Waals surface area contributed by atoms with Crippen LogP contribution in [0.5, 0.6) is 0 Å². The number of nitrogens with one attached hydrogen (secondary N) is 2. The number of rotatable bonds is 2. The van der Waals surface area contributed by atoms with Gasteiger partial charge >= 0.3 is 0 Å². The lowest BCUT2D eigenvalue weighted by molar-refractivity contribution is 0.0738. The lowest BCUT2D eigenvalue weighted by Gasteiger charge is -2.24. The zero-order valence-corrected chi connectivity index (χ0v) is 15.1. The van der Waals surface area contributed by atoms with Crippen LogP contribution in [0, 0.1) is 0 Å². The molecule has 0 aliphatic carbocycles. The average molecular weight is 381 g/mol. The van der Waals surface area contributed by atoms with E-state index in [0.717, 1.165) is 24.2 Å². The molecule has 0 spiro atoms. The number of amides is 1. The molecule has 0 saturated carbocycles. The number of carbonyl (C=O) groups excluding carboxylic acids is 1. The summed E-state index contributed by atoms with van der Waals surface area (Å²) in [7, 11) is -1.82. The van der Waals surface area contributed by atoms with Gasteiger partial charge in [0.25, 0.3) is 5.91 Å². The number of hydrogen-bond acceptors (Lipinski definition) is 5. The van der Waals surface area contributed by atoms with Crippen LogP contribution in [-0.2, 0) is 22.8 Å². The van der Waals surface area contributed by atoms with Crippen molar-refractivity contribution in [3.63, 3.8) is 0 Å². The Morgan fingerprint density at radius 2 is 2.20 bits per heavy atom. The van der Waals surface area contributed by atoms with Gasteiger partial charge in [-0.2, -0.15) is 5.10 Å². The van der Waals surface area contributed by atoms with Crippen LogP contribution in [-0.4, -0.2) is 48.8 Å². The maximum Gasteiger partial charge on any atom is 0.274 e. The third-order valence-electron chi connectivity index (χ3n) is 4.84. The molecule has 25 heavy (non-hydrogen) atoms. The Kier molecular flexibility index (Phi) is 3.86. The second-order valence-electron chi connectivity index (χ2n) is 6.35. The second kappa shape index (κ2) is 5.82. The minimum Gasteiger partial charge on any atom is -0.332 e. The Labute approximate surface area is 150 Å². The quantitative estimate of drug-likeness (QED) is 0.819. The summed E-state index contributed by atoms with van der Waals surface area (Å²) in [5.74, 6) is -0.440. The van der Waals surface area contributed by atoms with E-state index in [0.29, 0.717) is 22.8 Å². The van der Waals surface area contributed by atoms with Crippen LogP contribution in [0.1, 0.15) is 33.4 Å². The van der Waals surface area contributed by atoms with Gasteiger partial charge in [-0.25, -0.2) is 8.42 Å². The molecule has 2 N–H and O–H groups in total. The molecule has 1 aromatic carbocycles. The minimum absolute atomic E-state index is 0.143. The van der Waals surface area contributed by atoms with Crippen LogP contribution in [0.25, 0.3) is 0 Å². The van der Waals surface area contributed by atoms with Gasteiger partial charge in [0.1, 0.15) is 0 Å². The van der Waals surface area contributed by atoms with Gasteiger partial charge in [0.2, 0.25) is 0 Å². The van der Waals surface area contributed by atoms with Crippen molar-refractivity contribution in [3.05, 3.63) is 45.7 Å². The number of carbonyl (C=O) groups is 1. The largest absolute Gasteiger partial charge is 0.332 e. The fourth-order valence-corrected chi connectivity index (χ4v) is 5.49. The Hall–Kier alpha value is -1.90. The van der Waals surface area contributed by atoms with Gasteiger partial charge in [0, 0.05) is 42.8 Å². The van der Waals surface area contributed by atoms with Gasteiger partial charge < -0.3 is 10.2 Å². The van der Waals surface area contributed by atoms with Crippen molar-refractivity contribution in [1.82, 2.24) is 20.4 Å². The van der Waals surface area contributed by atoms with Crippen LogP contribution < -0.4 is 5.32 Å². The zero-order chi connectivity index (χ0) is 17.8. The zero-order valence-electron chi connectivity index (χ0n) is 13.5. The number of nitrogens with zero attached hydrogens (tertiary/aromatic N) is 2. The van der Waals surface area contributed by atoms with E-state index in [2.05, 4.69) is 15.5 Å². The minimum atomic E-state index is -3.43. The van der Waals surface area contributed by atoms with E-state index in [1.165, 1.54) is 11.0 Å². The van der Waals surface area contributed by atoms with Crippen LogP contribution in [0.3, 0.4) is 0 Å². The van der Waals surface area contributed by atoms with E-state index in [1.54, 1.807) is 19.2 Å². The SMILES string of the molecule is CN(C(=O)c1n[nH]c2c1CNCC2)C1CS(=O)(=O)c2ccc(Cl)cc21. The molecule has 4 rings (SSSR count). The van der Waals surface area contributed by atoms with Gasteiger partial charge in [0.05, 0.1) is 16.7 Å². The summed E-state index contributed by atoms with van der Waals surface area (Å²) >= 11 is 6.04. The highest BCUT2D eigenvalue weighted by molar-refractivity contribution is 7.91. The number of benzene rings is 1. The number of hydrogen-bond donors (Lipinski definition) is 2. The van der Waals surface area contributed by atoms with Crippen molar-refractivity contribution in [2.75, 3.05) is 19.3 Å². The molecule has 2 aliphatic rings. The molecule has 0 saturated heterocycles. The molecule has 2 aliphatic heterocycles. The van der Waals surface area contributed by atoms with Crippen LogP contribution in [0.2, 0.25) is 5.02 Å². The molecule has 132 valence electrons. The smallest absolute Gasteiger partial charge is 0.274 e. The summed E-state index contributed by atoms with van der Waals surface area (Å²) in [6, 6.07) is 4.11. The monoisotopic (exact) mass is 380 g/mol. The Bertz CT molecular complexity index is 970. The van der Waals surface area contributed by atoms with Gasteiger partial charge in [-0.15, -0.1) is 0 Å². The highest BCUT2D eigenvalue weighted by atomic mass is 35.5. The van der Waals surface area contributed by atoms with Gasteiger partial charge in [-0.05, 0) is 23.8 Å². The standard InChI is InChI=1S/C16H17ClN4O3S/c1-21(16(22)15-11-7-18-5-4-12(11)19-20-15)13-8-25(23,24)14-3-2-9(17)6-10(13)14/h2-3,6,13,18H,4-5,7-8H2,1H3,(H,19,20). The van der Waals surface area contributed by atoms with Crippen LogP contribution >= 0.6 is 11.6 Å². The van der Waals surface area contributed by atoms with E-state index in [1.807, 2.05) is 0 Å². The third kappa shape index (κ3) is 2.65. The molecule has 1 aromatic heterocycles. The molecule has 3 heterocycles. The molecule has 2 aromatic rings. The fourth-order valence-electron chi connectivity index (χ4n) is 3.48. The molecule has 0 fully saturated rings. The van der Waals surface area contributed by atoms with Crippen molar-refractivity contribution in [1.29, 1.82) is 0 Å². The number of fused-ring (bicyclic) bond motifs is 2. The van der Waals surface area contributed by atoms with E-state index in [-0.39, 0.29) is 16.6 Å². The van der Waals surface area contributed by atoms with Crippen molar-refractivity contribution >= 4 is 27.3 Å².